The maximum Gasteiger partial charge on any atom is 0.306 e. The number of rotatable bonds is 19. The minimum absolute atomic E-state index is 0.165. The molecule has 0 bridgehead atoms. The summed E-state index contributed by atoms with van der Waals surface area (Å²) in [5.41, 5.74) is 0.525. The van der Waals surface area contributed by atoms with E-state index in [4.69, 9.17) is 52.1 Å². The number of carbonyl (C=O) groups is 8. The Hall–Kier alpha value is -4.31. The molecule has 2 rings (SSSR count). The van der Waals surface area contributed by atoms with E-state index in [0.29, 0.717) is 17.1 Å². The summed E-state index contributed by atoms with van der Waals surface area (Å²) < 4.78 is 67.0. The maximum atomic E-state index is 12.6. The van der Waals surface area contributed by atoms with E-state index in [1.165, 1.54) is 18.9 Å². The Morgan fingerprint density at radius 2 is 0.982 bits per heavy atom. The van der Waals surface area contributed by atoms with Gasteiger partial charge >= 0.3 is 47.8 Å². The maximum absolute atomic E-state index is 12.6. The minimum atomic E-state index is -1.82. The van der Waals surface area contributed by atoms with Gasteiger partial charge < -0.3 is 56.8 Å². The molecule has 0 amide bonds. The van der Waals surface area contributed by atoms with Gasteiger partial charge in [0.25, 0.3) is 0 Å². The minimum Gasteiger partial charge on any atom is -0.469 e. The molecule has 0 radical (unpaired) electrons. The van der Waals surface area contributed by atoms with Gasteiger partial charge in [0.05, 0.1) is 20.1 Å². The average Bonchev–Trinajstić information content (AvgIpc) is 3.07. The van der Waals surface area contributed by atoms with Crippen LogP contribution in [0.15, 0.2) is 12.2 Å². The molecular formula is C34H48O20S. The molecule has 0 N–H and O–H groups in total. The second-order valence-corrected chi connectivity index (χ2v) is 13.2. The average molecular weight is 809 g/mol. The fourth-order valence-electron chi connectivity index (χ4n) is 5.32. The van der Waals surface area contributed by atoms with Crippen molar-refractivity contribution in [2.75, 3.05) is 38.4 Å². The highest BCUT2D eigenvalue weighted by Crippen LogP contribution is 2.35. The van der Waals surface area contributed by atoms with Gasteiger partial charge in [-0.05, 0) is 5.57 Å². The van der Waals surface area contributed by atoms with Crippen molar-refractivity contribution >= 4 is 59.5 Å². The van der Waals surface area contributed by atoms with Crippen molar-refractivity contribution in [1.29, 1.82) is 0 Å². The summed E-state index contributed by atoms with van der Waals surface area (Å²) in [5, 5.41) is 0. The van der Waals surface area contributed by atoms with E-state index in [2.05, 4.69) is 11.3 Å². The van der Waals surface area contributed by atoms with Crippen LogP contribution in [0.25, 0.3) is 0 Å². The Labute approximate surface area is 321 Å². The number of methoxy groups -OCH3 is 1. The van der Waals surface area contributed by atoms with Gasteiger partial charge in [0.15, 0.2) is 43.1 Å². The van der Waals surface area contributed by atoms with Crippen molar-refractivity contribution in [3.05, 3.63) is 12.2 Å². The topological polar surface area (TPSA) is 247 Å². The Bertz CT molecular complexity index is 1400. The number of ether oxygens (including phenoxy) is 12. The lowest BCUT2D eigenvalue weighted by atomic mass is 9.96. The summed E-state index contributed by atoms with van der Waals surface area (Å²) in [6, 6.07) is 0. The number of esters is 8. The van der Waals surface area contributed by atoms with E-state index in [9.17, 15) is 38.4 Å². The summed E-state index contributed by atoms with van der Waals surface area (Å²) in [7, 11) is 1.28. The van der Waals surface area contributed by atoms with Crippen molar-refractivity contribution in [2.24, 2.45) is 0 Å². The highest BCUT2D eigenvalue weighted by Gasteiger charge is 2.57. The van der Waals surface area contributed by atoms with Gasteiger partial charge in [-0.2, -0.15) is 11.8 Å². The fraction of sp³-hybridized carbons (Fsp3) is 0.706. The molecule has 20 nitrogen and oxygen atoms in total. The molecule has 55 heavy (non-hydrogen) atoms. The standard InChI is InChI=1S/C34H48O20S/c1-16(15-55-11-10-26(42)43-9)12-46-33-31(50-22(7)40)30(49-21(6)39)28(25(52-33)14-45-18(3)36)54-34-32(51-23(8)41)29(48-20(5)38)27(47-19(4)37)24(53-34)13-44-17(2)35/h24-25,27-34H,1,10-15H2,2-9H3/t24-,25-,27+,28+,29+,30+,31-,32-,33-,34-/m1/s1. The molecule has 21 heteroatoms. The number of carbonyl (C=O) groups excluding carboxylic acids is 8. The fourth-order valence-corrected chi connectivity index (χ4v) is 6.15. The lowest BCUT2D eigenvalue weighted by Crippen LogP contribution is -2.67. The van der Waals surface area contributed by atoms with Gasteiger partial charge in [-0.3, -0.25) is 38.4 Å². The second-order valence-electron chi connectivity index (χ2n) is 12.1. The predicted octanol–water partition coefficient (Wildman–Crippen LogP) is 0.475. The van der Waals surface area contributed by atoms with E-state index in [1.807, 2.05) is 0 Å². The van der Waals surface area contributed by atoms with Crippen LogP contribution in [-0.2, 0) is 95.2 Å². The van der Waals surface area contributed by atoms with Crippen molar-refractivity contribution in [3.63, 3.8) is 0 Å². The quantitative estimate of drug-likeness (QED) is 0.0745. The third kappa shape index (κ3) is 16.1. The third-order valence-electron chi connectivity index (χ3n) is 7.32. The molecule has 10 atom stereocenters. The molecule has 0 aromatic rings. The Kier molecular flexibility index (Phi) is 19.5. The van der Waals surface area contributed by atoms with Gasteiger partial charge in [-0.15, -0.1) is 0 Å². The molecule has 2 heterocycles. The number of thioether (sulfide) groups is 1. The summed E-state index contributed by atoms with van der Waals surface area (Å²) in [6.45, 7) is 10.1. The van der Waals surface area contributed by atoms with E-state index >= 15 is 0 Å². The van der Waals surface area contributed by atoms with Crippen LogP contribution in [0.2, 0.25) is 0 Å². The third-order valence-corrected chi connectivity index (χ3v) is 8.43. The van der Waals surface area contributed by atoms with Crippen LogP contribution >= 0.6 is 11.8 Å². The molecule has 2 saturated heterocycles. The van der Waals surface area contributed by atoms with Gasteiger partial charge in [-0.25, -0.2) is 0 Å². The lowest BCUT2D eigenvalue weighted by molar-refractivity contribution is -0.360. The smallest absolute Gasteiger partial charge is 0.306 e. The second kappa shape index (κ2) is 22.9. The van der Waals surface area contributed by atoms with Crippen molar-refractivity contribution in [2.45, 2.75) is 116 Å². The van der Waals surface area contributed by atoms with E-state index in [0.717, 1.165) is 48.5 Å². The van der Waals surface area contributed by atoms with Crippen molar-refractivity contribution < 1.29 is 95.2 Å². The molecule has 2 aliphatic rings. The number of hydrogen-bond acceptors (Lipinski definition) is 21. The summed E-state index contributed by atoms with van der Waals surface area (Å²) in [5.74, 6) is -5.58. The summed E-state index contributed by atoms with van der Waals surface area (Å²) >= 11 is 1.37. The number of hydrogen-bond donors (Lipinski definition) is 0. The van der Waals surface area contributed by atoms with Crippen LogP contribution < -0.4 is 0 Å². The monoisotopic (exact) mass is 808 g/mol. The molecule has 2 fully saturated rings. The van der Waals surface area contributed by atoms with Crippen molar-refractivity contribution in [1.82, 2.24) is 0 Å². The highest BCUT2D eigenvalue weighted by molar-refractivity contribution is 7.99. The molecule has 0 aromatic heterocycles. The Morgan fingerprint density at radius 3 is 1.45 bits per heavy atom. The molecule has 0 aliphatic carbocycles. The van der Waals surface area contributed by atoms with Crippen LogP contribution in [0.1, 0.15) is 54.9 Å². The largest absolute Gasteiger partial charge is 0.469 e. The first-order valence-corrected chi connectivity index (χ1v) is 18.0. The summed E-state index contributed by atoms with van der Waals surface area (Å²) in [4.78, 5) is 97.2. The van der Waals surface area contributed by atoms with Crippen molar-refractivity contribution in [3.8, 4) is 0 Å². The van der Waals surface area contributed by atoms with Crippen LogP contribution in [0.5, 0.6) is 0 Å². The summed E-state index contributed by atoms with van der Waals surface area (Å²) in [6.07, 6.45) is -15.6. The molecule has 0 unspecified atom stereocenters. The SMILES string of the molecule is C=C(CO[C@@H]1O[C@H](COC(C)=O)[C@H](O[C@H]2O[C@H](COC(C)=O)[C@H](OC(C)=O)[C@H](OC(C)=O)[C@H]2OC(C)=O)[C@H](OC(C)=O)[C@H]1OC(C)=O)CSCCC(=O)OC. The van der Waals surface area contributed by atoms with Gasteiger partial charge in [-0.1, -0.05) is 6.58 Å². The Balaban J connectivity index is 2.61. The zero-order valence-corrected chi connectivity index (χ0v) is 32.6. The van der Waals surface area contributed by atoms with Gasteiger partial charge in [0.2, 0.25) is 0 Å². The van der Waals surface area contributed by atoms with Crippen LogP contribution in [0.3, 0.4) is 0 Å². The normalized spacial score (nSPS) is 27.3. The molecule has 0 saturated carbocycles. The van der Waals surface area contributed by atoms with E-state index in [-0.39, 0.29) is 19.0 Å². The molecule has 0 spiro atoms. The molecular weight excluding hydrogens is 760 g/mol. The van der Waals surface area contributed by atoms with Crippen LogP contribution in [-0.4, -0.2) is 148 Å². The highest BCUT2D eigenvalue weighted by atomic mass is 32.2. The molecule has 0 aromatic carbocycles. The van der Waals surface area contributed by atoms with E-state index in [1.54, 1.807) is 0 Å². The van der Waals surface area contributed by atoms with Crippen LogP contribution in [0.4, 0.5) is 0 Å². The van der Waals surface area contributed by atoms with E-state index < -0.39 is 116 Å². The van der Waals surface area contributed by atoms with Gasteiger partial charge in [0, 0.05) is 60.0 Å². The Morgan fingerprint density at radius 1 is 0.564 bits per heavy atom. The lowest BCUT2D eigenvalue weighted by Gasteiger charge is -2.48. The van der Waals surface area contributed by atoms with Gasteiger partial charge in [0.1, 0.15) is 31.5 Å². The first-order chi connectivity index (χ1) is 25.8. The first kappa shape index (κ1) is 46.8. The molecule has 310 valence electrons. The first-order valence-electron chi connectivity index (χ1n) is 16.8. The van der Waals surface area contributed by atoms with Crippen LogP contribution in [0, 0.1) is 0 Å². The zero-order valence-electron chi connectivity index (χ0n) is 31.8. The predicted molar refractivity (Wildman–Crippen MR) is 182 cm³/mol. The zero-order chi connectivity index (χ0) is 41.4. The molecule has 2 aliphatic heterocycles.